The highest BCUT2D eigenvalue weighted by atomic mass is 16.5. The lowest BCUT2D eigenvalue weighted by atomic mass is 9.95. The molecule has 4 nitrogen and oxygen atoms in total. The minimum absolute atomic E-state index is 0.0413. The average Bonchev–Trinajstić information content (AvgIpc) is 2.45. The Kier molecular flexibility index (Phi) is 5.10. The predicted molar refractivity (Wildman–Crippen MR) is 85.4 cm³/mol. The van der Waals surface area contributed by atoms with Crippen LogP contribution in [0, 0.1) is 13.8 Å². The monoisotopic (exact) mass is 290 g/mol. The van der Waals surface area contributed by atoms with Gasteiger partial charge < -0.3 is 15.8 Å². The molecule has 1 aromatic carbocycles. The molecule has 1 amide bonds. The number of amides is 1. The number of rotatable bonds is 4. The summed E-state index contributed by atoms with van der Waals surface area (Å²) in [7, 11) is 0. The molecule has 0 aliphatic heterocycles. The molecule has 1 unspecified atom stereocenters. The molecule has 1 aliphatic carbocycles. The number of carbonyl (C=O) groups is 1. The summed E-state index contributed by atoms with van der Waals surface area (Å²) in [4.78, 5) is 12.2. The molecule has 0 aromatic heterocycles. The first-order valence-electron chi connectivity index (χ1n) is 7.81. The summed E-state index contributed by atoms with van der Waals surface area (Å²) in [6.07, 6.45) is 5.33. The standard InChI is InChI=1S/C17H26N2O2/c1-11-9-12(2)16(10-15(11)18)21-13(3)17(20)19-14-7-5-4-6-8-14/h9-10,13-14H,4-8,18H2,1-3H3,(H,19,20). The fourth-order valence-corrected chi connectivity index (χ4v) is 2.78. The van der Waals surface area contributed by atoms with Crippen LogP contribution in [0.5, 0.6) is 5.75 Å². The number of ether oxygens (including phenoxy) is 1. The van der Waals surface area contributed by atoms with Gasteiger partial charge in [-0.15, -0.1) is 0 Å². The van der Waals surface area contributed by atoms with Crippen LogP contribution in [0.15, 0.2) is 12.1 Å². The van der Waals surface area contributed by atoms with E-state index in [1.807, 2.05) is 19.9 Å². The van der Waals surface area contributed by atoms with Crippen molar-refractivity contribution < 1.29 is 9.53 Å². The summed E-state index contributed by atoms with van der Waals surface area (Å²) in [5, 5.41) is 3.09. The van der Waals surface area contributed by atoms with E-state index in [2.05, 4.69) is 5.32 Å². The van der Waals surface area contributed by atoms with Crippen LogP contribution in [0.25, 0.3) is 0 Å². The first kappa shape index (κ1) is 15.7. The van der Waals surface area contributed by atoms with Crippen molar-refractivity contribution in [3.63, 3.8) is 0 Å². The van der Waals surface area contributed by atoms with E-state index < -0.39 is 6.10 Å². The third-order valence-electron chi connectivity index (χ3n) is 4.19. The van der Waals surface area contributed by atoms with Gasteiger partial charge in [0.25, 0.3) is 5.91 Å². The summed E-state index contributed by atoms with van der Waals surface area (Å²) in [6, 6.07) is 4.09. The third-order valence-corrected chi connectivity index (χ3v) is 4.19. The lowest BCUT2D eigenvalue weighted by Gasteiger charge is -2.25. The Hall–Kier alpha value is -1.71. The highest BCUT2D eigenvalue weighted by molar-refractivity contribution is 5.81. The lowest BCUT2D eigenvalue weighted by Crippen LogP contribution is -2.43. The van der Waals surface area contributed by atoms with Crippen LogP contribution in [0.3, 0.4) is 0 Å². The van der Waals surface area contributed by atoms with E-state index in [0.717, 1.165) is 24.0 Å². The molecule has 1 fully saturated rings. The van der Waals surface area contributed by atoms with Gasteiger partial charge in [0.15, 0.2) is 6.10 Å². The number of hydrogen-bond donors (Lipinski definition) is 2. The zero-order valence-corrected chi connectivity index (χ0v) is 13.2. The van der Waals surface area contributed by atoms with E-state index in [-0.39, 0.29) is 5.91 Å². The number of carbonyl (C=O) groups excluding carboxylic acids is 1. The molecule has 3 N–H and O–H groups in total. The summed E-state index contributed by atoms with van der Waals surface area (Å²) in [5.74, 6) is 0.643. The van der Waals surface area contributed by atoms with Gasteiger partial charge in [-0.2, -0.15) is 0 Å². The van der Waals surface area contributed by atoms with Crippen molar-refractivity contribution in [1.29, 1.82) is 0 Å². The van der Waals surface area contributed by atoms with Crippen molar-refractivity contribution >= 4 is 11.6 Å². The maximum Gasteiger partial charge on any atom is 0.260 e. The van der Waals surface area contributed by atoms with Gasteiger partial charge in [0.2, 0.25) is 0 Å². The van der Waals surface area contributed by atoms with Gasteiger partial charge in [-0.05, 0) is 44.7 Å². The molecule has 1 saturated carbocycles. The number of benzene rings is 1. The number of hydrogen-bond acceptors (Lipinski definition) is 3. The lowest BCUT2D eigenvalue weighted by molar-refractivity contribution is -0.128. The van der Waals surface area contributed by atoms with Gasteiger partial charge in [0, 0.05) is 17.8 Å². The van der Waals surface area contributed by atoms with Crippen molar-refractivity contribution in [3.8, 4) is 5.75 Å². The summed E-state index contributed by atoms with van der Waals surface area (Å²) in [6.45, 7) is 5.71. The van der Waals surface area contributed by atoms with Crippen molar-refractivity contribution in [2.45, 2.75) is 65.0 Å². The molecule has 116 valence electrons. The molecule has 1 aliphatic rings. The second kappa shape index (κ2) is 6.83. The van der Waals surface area contributed by atoms with E-state index >= 15 is 0 Å². The average molecular weight is 290 g/mol. The third kappa shape index (κ3) is 4.13. The maximum absolute atomic E-state index is 12.2. The Morgan fingerprint density at radius 1 is 1.24 bits per heavy atom. The van der Waals surface area contributed by atoms with Crippen molar-refractivity contribution in [3.05, 3.63) is 23.3 Å². The number of nitrogen functional groups attached to an aromatic ring is 1. The van der Waals surface area contributed by atoms with Gasteiger partial charge in [0.1, 0.15) is 5.75 Å². The van der Waals surface area contributed by atoms with Crippen LogP contribution in [0.1, 0.15) is 50.2 Å². The molecule has 0 bridgehead atoms. The van der Waals surface area contributed by atoms with E-state index in [1.165, 1.54) is 19.3 Å². The summed E-state index contributed by atoms with van der Waals surface area (Å²) < 4.78 is 5.79. The predicted octanol–water partition coefficient (Wildman–Crippen LogP) is 3.10. The number of nitrogens with one attached hydrogen (secondary N) is 1. The molecule has 4 heteroatoms. The largest absolute Gasteiger partial charge is 0.481 e. The highest BCUT2D eigenvalue weighted by Gasteiger charge is 2.21. The van der Waals surface area contributed by atoms with Crippen LogP contribution in [0.2, 0.25) is 0 Å². The topological polar surface area (TPSA) is 64.3 Å². The van der Waals surface area contributed by atoms with E-state index in [4.69, 9.17) is 10.5 Å². The van der Waals surface area contributed by atoms with Crippen LogP contribution in [-0.2, 0) is 4.79 Å². The van der Waals surface area contributed by atoms with E-state index in [0.29, 0.717) is 17.5 Å². The summed E-state index contributed by atoms with van der Waals surface area (Å²) >= 11 is 0. The Labute approximate surface area is 127 Å². The van der Waals surface area contributed by atoms with Gasteiger partial charge >= 0.3 is 0 Å². The maximum atomic E-state index is 12.2. The molecule has 1 atom stereocenters. The van der Waals surface area contributed by atoms with Gasteiger partial charge in [-0.3, -0.25) is 4.79 Å². The minimum atomic E-state index is -0.507. The van der Waals surface area contributed by atoms with Crippen LogP contribution in [-0.4, -0.2) is 18.1 Å². The molecule has 2 rings (SSSR count). The highest BCUT2D eigenvalue weighted by Crippen LogP contribution is 2.25. The Morgan fingerprint density at radius 3 is 2.57 bits per heavy atom. The van der Waals surface area contributed by atoms with E-state index in [1.54, 1.807) is 13.0 Å². The zero-order chi connectivity index (χ0) is 15.4. The Bertz CT molecular complexity index is 508. The second-order valence-corrected chi connectivity index (χ2v) is 6.08. The molecule has 21 heavy (non-hydrogen) atoms. The van der Waals surface area contributed by atoms with Crippen LogP contribution >= 0.6 is 0 Å². The first-order chi connectivity index (χ1) is 9.97. The van der Waals surface area contributed by atoms with Gasteiger partial charge in [-0.25, -0.2) is 0 Å². The second-order valence-electron chi connectivity index (χ2n) is 6.08. The van der Waals surface area contributed by atoms with Crippen molar-refractivity contribution in [2.75, 3.05) is 5.73 Å². The van der Waals surface area contributed by atoms with Gasteiger partial charge in [0.05, 0.1) is 0 Å². The number of anilines is 1. The number of aryl methyl sites for hydroxylation is 2. The molecule has 1 aromatic rings. The van der Waals surface area contributed by atoms with E-state index in [9.17, 15) is 4.79 Å². The summed E-state index contributed by atoms with van der Waals surface area (Å²) in [5.41, 5.74) is 8.63. The number of nitrogens with two attached hydrogens (primary N) is 1. The molecule has 0 spiro atoms. The molecule has 0 heterocycles. The quantitative estimate of drug-likeness (QED) is 0.837. The smallest absolute Gasteiger partial charge is 0.260 e. The fourth-order valence-electron chi connectivity index (χ4n) is 2.78. The molecule has 0 saturated heterocycles. The molecular formula is C17H26N2O2. The zero-order valence-electron chi connectivity index (χ0n) is 13.2. The van der Waals surface area contributed by atoms with Crippen molar-refractivity contribution in [2.24, 2.45) is 0 Å². The first-order valence-corrected chi connectivity index (χ1v) is 7.81. The van der Waals surface area contributed by atoms with Crippen LogP contribution in [0.4, 0.5) is 5.69 Å². The SMILES string of the molecule is Cc1cc(C)c(OC(C)C(=O)NC2CCCCC2)cc1N. The Balaban J connectivity index is 1.95. The van der Waals surface area contributed by atoms with Crippen LogP contribution < -0.4 is 15.8 Å². The van der Waals surface area contributed by atoms with Crippen molar-refractivity contribution in [1.82, 2.24) is 5.32 Å². The van der Waals surface area contributed by atoms with Gasteiger partial charge in [-0.1, -0.05) is 25.3 Å². The fraction of sp³-hybridized carbons (Fsp3) is 0.588. The molecular weight excluding hydrogens is 264 g/mol. The minimum Gasteiger partial charge on any atom is -0.481 e. The normalized spacial score (nSPS) is 17.3. The molecule has 0 radical (unpaired) electrons. The Morgan fingerprint density at radius 2 is 1.90 bits per heavy atom.